The summed E-state index contributed by atoms with van der Waals surface area (Å²) in [4.78, 5) is 0. The number of aliphatic hydroxyl groups excluding tert-OH is 1. The first-order valence-corrected chi connectivity index (χ1v) is 5.97. The van der Waals surface area contributed by atoms with Crippen LogP contribution < -0.4 is 5.73 Å². The zero-order valence-corrected chi connectivity index (χ0v) is 10.1. The number of rotatable bonds is 3. The molecule has 15 heavy (non-hydrogen) atoms. The second-order valence-electron chi connectivity index (χ2n) is 6.12. The predicted octanol–water partition coefficient (Wildman–Crippen LogP) is 1.94. The van der Waals surface area contributed by atoms with Crippen LogP contribution in [0.5, 0.6) is 0 Å². The van der Waals surface area contributed by atoms with Crippen LogP contribution in [0.15, 0.2) is 11.6 Å². The zero-order chi connectivity index (χ0) is 11.3. The molecule has 3 atom stereocenters. The van der Waals surface area contributed by atoms with E-state index in [1.54, 1.807) is 0 Å². The summed E-state index contributed by atoms with van der Waals surface area (Å²) >= 11 is 0. The SMILES string of the molecule is CC(CN)(CO)C1=CCC2CC1C2(C)C. The minimum Gasteiger partial charge on any atom is -0.395 e. The predicted molar refractivity (Wildman–Crippen MR) is 62.3 cm³/mol. The molecule has 3 unspecified atom stereocenters. The standard InChI is InChI=1S/C13H23NO/c1-12(2)9-4-5-10(11(12)6-9)13(3,7-14)8-15/h5,9,11,15H,4,6-8,14H2,1-3H3. The Kier molecular flexibility index (Phi) is 2.47. The molecule has 2 heteroatoms. The van der Waals surface area contributed by atoms with Crippen LogP contribution in [-0.2, 0) is 0 Å². The molecule has 3 aliphatic rings. The quantitative estimate of drug-likeness (QED) is 0.698. The highest BCUT2D eigenvalue weighted by Crippen LogP contribution is 2.61. The molecule has 0 radical (unpaired) electrons. The van der Waals surface area contributed by atoms with Crippen LogP contribution >= 0.6 is 0 Å². The third-order valence-corrected chi connectivity index (χ3v) is 4.96. The van der Waals surface area contributed by atoms with Crippen LogP contribution in [0.4, 0.5) is 0 Å². The molecule has 2 nitrogen and oxygen atoms in total. The number of aliphatic hydroxyl groups is 1. The van der Waals surface area contributed by atoms with E-state index in [4.69, 9.17) is 5.73 Å². The van der Waals surface area contributed by atoms with Crippen molar-refractivity contribution in [3.05, 3.63) is 11.6 Å². The van der Waals surface area contributed by atoms with E-state index in [2.05, 4.69) is 26.8 Å². The lowest BCUT2D eigenvalue weighted by Crippen LogP contribution is -2.52. The highest BCUT2D eigenvalue weighted by molar-refractivity contribution is 5.29. The molecule has 0 amide bonds. The maximum absolute atomic E-state index is 9.52. The van der Waals surface area contributed by atoms with Gasteiger partial charge in [0.1, 0.15) is 0 Å². The first-order valence-electron chi connectivity index (χ1n) is 5.97. The van der Waals surface area contributed by atoms with Crippen LogP contribution in [0.25, 0.3) is 0 Å². The topological polar surface area (TPSA) is 46.2 Å². The monoisotopic (exact) mass is 209 g/mol. The second-order valence-corrected chi connectivity index (χ2v) is 6.12. The molecule has 0 aliphatic heterocycles. The zero-order valence-electron chi connectivity index (χ0n) is 10.1. The summed E-state index contributed by atoms with van der Waals surface area (Å²) in [5.74, 6) is 1.50. The van der Waals surface area contributed by atoms with E-state index in [0.717, 1.165) is 5.92 Å². The molecule has 3 rings (SSSR count). The molecule has 0 heterocycles. The lowest BCUT2D eigenvalue weighted by Gasteiger charge is -2.59. The first kappa shape index (κ1) is 11.2. The second kappa shape index (κ2) is 3.33. The number of hydrogen-bond donors (Lipinski definition) is 2. The summed E-state index contributed by atoms with van der Waals surface area (Å²) in [6.07, 6.45) is 4.82. The summed E-state index contributed by atoms with van der Waals surface area (Å²) in [7, 11) is 0. The van der Waals surface area contributed by atoms with Gasteiger partial charge in [0, 0.05) is 12.0 Å². The van der Waals surface area contributed by atoms with E-state index in [1.807, 2.05) is 0 Å². The smallest absolute Gasteiger partial charge is 0.0534 e. The van der Waals surface area contributed by atoms with E-state index in [-0.39, 0.29) is 12.0 Å². The lowest BCUT2D eigenvalue weighted by molar-refractivity contribution is -0.0249. The summed E-state index contributed by atoms with van der Waals surface area (Å²) in [6.45, 7) is 7.52. The Morgan fingerprint density at radius 2 is 2.27 bits per heavy atom. The highest BCUT2D eigenvalue weighted by atomic mass is 16.3. The molecule has 1 fully saturated rings. The molecular formula is C13H23NO. The van der Waals surface area contributed by atoms with Gasteiger partial charge in [0.25, 0.3) is 0 Å². The van der Waals surface area contributed by atoms with Crippen molar-refractivity contribution < 1.29 is 5.11 Å². The van der Waals surface area contributed by atoms with Crippen molar-refractivity contribution in [2.24, 2.45) is 28.4 Å². The molecule has 0 aromatic heterocycles. The summed E-state index contributed by atoms with van der Waals surface area (Å²) < 4.78 is 0. The van der Waals surface area contributed by atoms with Crippen LogP contribution in [0.1, 0.15) is 33.6 Å². The van der Waals surface area contributed by atoms with Gasteiger partial charge in [0.05, 0.1) is 6.61 Å². The first-order chi connectivity index (χ1) is 6.95. The van der Waals surface area contributed by atoms with Gasteiger partial charge in [0.2, 0.25) is 0 Å². The Balaban J connectivity index is 2.28. The average molecular weight is 209 g/mol. The van der Waals surface area contributed by atoms with Crippen molar-refractivity contribution >= 4 is 0 Å². The molecule has 3 aliphatic carbocycles. The van der Waals surface area contributed by atoms with Gasteiger partial charge in [-0.2, -0.15) is 0 Å². The maximum Gasteiger partial charge on any atom is 0.0534 e. The Morgan fingerprint density at radius 1 is 1.60 bits per heavy atom. The normalized spacial score (nSPS) is 36.5. The van der Waals surface area contributed by atoms with Crippen molar-refractivity contribution in [1.82, 2.24) is 0 Å². The fourth-order valence-corrected chi connectivity index (χ4v) is 3.30. The van der Waals surface area contributed by atoms with Gasteiger partial charge < -0.3 is 10.8 Å². The van der Waals surface area contributed by atoms with E-state index >= 15 is 0 Å². The molecular weight excluding hydrogens is 186 g/mol. The molecule has 2 bridgehead atoms. The minimum absolute atomic E-state index is 0.173. The summed E-state index contributed by atoms with van der Waals surface area (Å²) in [6, 6.07) is 0. The Morgan fingerprint density at radius 3 is 2.67 bits per heavy atom. The van der Waals surface area contributed by atoms with Gasteiger partial charge in [0.15, 0.2) is 0 Å². The van der Waals surface area contributed by atoms with Crippen molar-refractivity contribution in [2.75, 3.05) is 13.2 Å². The van der Waals surface area contributed by atoms with Crippen molar-refractivity contribution in [3.63, 3.8) is 0 Å². The van der Waals surface area contributed by atoms with E-state index in [9.17, 15) is 5.11 Å². The van der Waals surface area contributed by atoms with Gasteiger partial charge in [-0.05, 0) is 30.1 Å². The Labute approximate surface area is 92.6 Å². The Hall–Kier alpha value is -0.340. The number of allylic oxidation sites excluding steroid dienone is 1. The van der Waals surface area contributed by atoms with E-state index < -0.39 is 0 Å². The number of hydrogen-bond acceptors (Lipinski definition) is 2. The summed E-state index contributed by atoms with van der Waals surface area (Å²) in [5, 5.41) is 9.52. The van der Waals surface area contributed by atoms with E-state index in [1.165, 1.54) is 18.4 Å². The molecule has 0 spiro atoms. The van der Waals surface area contributed by atoms with Crippen LogP contribution in [-0.4, -0.2) is 18.3 Å². The fourth-order valence-electron chi connectivity index (χ4n) is 3.30. The molecule has 3 N–H and O–H groups in total. The molecule has 0 saturated heterocycles. The lowest BCUT2D eigenvalue weighted by atomic mass is 9.46. The van der Waals surface area contributed by atoms with Gasteiger partial charge in [-0.15, -0.1) is 0 Å². The van der Waals surface area contributed by atoms with Crippen molar-refractivity contribution in [1.29, 1.82) is 0 Å². The number of fused-ring (bicyclic) bond motifs is 1. The third kappa shape index (κ3) is 1.38. The molecule has 1 saturated carbocycles. The summed E-state index contributed by atoms with van der Waals surface area (Å²) in [5.41, 5.74) is 7.47. The van der Waals surface area contributed by atoms with Gasteiger partial charge in [-0.25, -0.2) is 0 Å². The van der Waals surface area contributed by atoms with Crippen LogP contribution in [0, 0.1) is 22.7 Å². The van der Waals surface area contributed by atoms with Crippen LogP contribution in [0.3, 0.4) is 0 Å². The fraction of sp³-hybridized carbons (Fsp3) is 0.846. The maximum atomic E-state index is 9.52. The largest absolute Gasteiger partial charge is 0.395 e. The Bertz CT molecular complexity index is 289. The third-order valence-electron chi connectivity index (χ3n) is 4.96. The highest BCUT2D eigenvalue weighted by Gasteiger charge is 2.54. The van der Waals surface area contributed by atoms with Gasteiger partial charge in [-0.1, -0.05) is 32.4 Å². The van der Waals surface area contributed by atoms with Crippen molar-refractivity contribution in [2.45, 2.75) is 33.6 Å². The minimum atomic E-state index is -0.187. The van der Waals surface area contributed by atoms with Gasteiger partial charge >= 0.3 is 0 Å². The molecule has 86 valence electrons. The average Bonchev–Trinajstić information content (AvgIpc) is 2.27. The van der Waals surface area contributed by atoms with E-state index in [0.29, 0.717) is 17.9 Å². The van der Waals surface area contributed by atoms with Gasteiger partial charge in [-0.3, -0.25) is 0 Å². The molecule has 0 aromatic rings. The van der Waals surface area contributed by atoms with Crippen LogP contribution in [0.2, 0.25) is 0 Å². The molecule has 0 aromatic carbocycles. The van der Waals surface area contributed by atoms with Crippen molar-refractivity contribution in [3.8, 4) is 0 Å². The number of nitrogens with two attached hydrogens (primary N) is 1.